The lowest BCUT2D eigenvalue weighted by Gasteiger charge is -2.33. The number of hydrogen-bond acceptors (Lipinski definition) is 1. The highest BCUT2D eigenvalue weighted by Gasteiger charge is 2.36. The third-order valence-corrected chi connectivity index (χ3v) is 2.94. The minimum Gasteiger partial charge on any atom is -0.478 e. The second-order valence-electron chi connectivity index (χ2n) is 4.19. The summed E-state index contributed by atoms with van der Waals surface area (Å²) in [4.78, 5) is 10.7. The number of carboxylic acids is 1. The van der Waals surface area contributed by atoms with E-state index in [9.17, 15) is 9.18 Å². The third-order valence-electron chi connectivity index (χ3n) is 2.94. The average Bonchev–Trinajstić information content (AvgIpc) is 2.16. The zero-order chi connectivity index (χ0) is 10.9. The number of alkyl halides is 1. The van der Waals surface area contributed by atoms with Gasteiger partial charge in [-0.1, -0.05) is 12.1 Å². The molecular weight excluding hydrogens is 195 g/mol. The maximum atomic E-state index is 13.8. The lowest BCUT2D eigenvalue weighted by molar-refractivity contribution is 0.0635. The summed E-state index contributed by atoms with van der Waals surface area (Å²) in [6.07, 6.45) is 2.48. The summed E-state index contributed by atoms with van der Waals surface area (Å²) in [7, 11) is 0. The van der Waals surface area contributed by atoms with E-state index in [1.807, 2.05) is 0 Å². The van der Waals surface area contributed by atoms with Gasteiger partial charge < -0.3 is 5.11 Å². The number of hydrogen-bond donors (Lipinski definition) is 1. The Kier molecular flexibility index (Phi) is 2.47. The molecule has 0 heterocycles. The van der Waals surface area contributed by atoms with Crippen LogP contribution in [0.3, 0.4) is 0 Å². The van der Waals surface area contributed by atoms with Crippen molar-refractivity contribution < 1.29 is 14.3 Å². The highest BCUT2D eigenvalue weighted by atomic mass is 19.1. The van der Waals surface area contributed by atoms with Gasteiger partial charge in [0.1, 0.15) is 5.67 Å². The second-order valence-corrected chi connectivity index (χ2v) is 4.19. The van der Waals surface area contributed by atoms with Crippen molar-refractivity contribution in [3.8, 4) is 0 Å². The molecule has 1 aliphatic carbocycles. The van der Waals surface area contributed by atoms with E-state index in [1.54, 1.807) is 18.2 Å². The van der Waals surface area contributed by atoms with Crippen LogP contribution in [0, 0.1) is 0 Å². The fraction of sp³-hybridized carbons (Fsp3) is 0.417. The molecule has 2 rings (SSSR count). The van der Waals surface area contributed by atoms with E-state index < -0.39 is 11.6 Å². The van der Waals surface area contributed by atoms with Crippen LogP contribution >= 0.6 is 0 Å². The van der Waals surface area contributed by atoms with Gasteiger partial charge in [-0.2, -0.15) is 0 Å². The summed E-state index contributed by atoms with van der Waals surface area (Å²) >= 11 is 0. The van der Waals surface area contributed by atoms with Crippen LogP contribution in [-0.2, 0) is 6.42 Å². The number of rotatable bonds is 3. The minimum atomic E-state index is -1.09. The van der Waals surface area contributed by atoms with Gasteiger partial charge in [0, 0.05) is 6.42 Å². The van der Waals surface area contributed by atoms with Gasteiger partial charge >= 0.3 is 5.97 Å². The quantitative estimate of drug-likeness (QED) is 0.829. The van der Waals surface area contributed by atoms with Crippen molar-refractivity contribution >= 4 is 5.97 Å². The molecule has 2 nitrogen and oxygen atoms in total. The molecule has 0 saturated heterocycles. The van der Waals surface area contributed by atoms with Crippen LogP contribution in [0.5, 0.6) is 0 Å². The van der Waals surface area contributed by atoms with Crippen LogP contribution < -0.4 is 0 Å². The van der Waals surface area contributed by atoms with Crippen molar-refractivity contribution in [2.45, 2.75) is 31.4 Å². The minimum absolute atomic E-state index is 0.232. The number of halogens is 1. The zero-order valence-corrected chi connectivity index (χ0v) is 8.37. The second kappa shape index (κ2) is 3.65. The summed E-state index contributed by atoms with van der Waals surface area (Å²) in [5, 5.41) is 8.79. The zero-order valence-electron chi connectivity index (χ0n) is 8.37. The van der Waals surface area contributed by atoms with Crippen LogP contribution in [0.4, 0.5) is 4.39 Å². The summed E-state index contributed by atoms with van der Waals surface area (Å²) in [5.41, 5.74) is -0.0792. The van der Waals surface area contributed by atoms with Crippen LogP contribution in [0.2, 0.25) is 0 Å². The standard InChI is InChI=1S/C12H13FO2/c13-12(5-2-6-12)8-9-3-1-4-10(7-9)11(14)15/h1,3-4,7H,2,5-6,8H2,(H,14,15). The van der Waals surface area contributed by atoms with Crippen LogP contribution in [-0.4, -0.2) is 16.7 Å². The number of benzene rings is 1. The molecule has 0 bridgehead atoms. The molecule has 1 fully saturated rings. The van der Waals surface area contributed by atoms with Gasteiger partial charge in [0.2, 0.25) is 0 Å². The van der Waals surface area contributed by atoms with Gasteiger partial charge in [-0.3, -0.25) is 0 Å². The van der Waals surface area contributed by atoms with Crippen molar-refractivity contribution in [2.75, 3.05) is 0 Å². The van der Waals surface area contributed by atoms with E-state index in [1.165, 1.54) is 6.07 Å². The molecule has 80 valence electrons. The molecule has 1 aromatic carbocycles. The molecule has 1 saturated carbocycles. The normalized spacial score (nSPS) is 18.2. The molecule has 0 radical (unpaired) electrons. The van der Waals surface area contributed by atoms with Crippen LogP contribution in [0.25, 0.3) is 0 Å². The van der Waals surface area contributed by atoms with Gasteiger partial charge in [-0.25, -0.2) is 9.18 Å². The first-order valence-electron chi connectivity index (χ1n) is 5.10. The van der Waals surface area contributed by atoms with Crippen molar-refractivity contribution in [3.05, 3.63) is 35.4 Å². The van der Waals surface area contributed by atoms with Crippen molar-refractivity contribution in [3.63, 3.8) is 0 Å². The maximum Gasteiger partial charge on any atom is 0.335 e. The summed E-state index contributed by atoms with van der Waals surface area (Å²) in [5.74, 6) is -0.960. The van der Waals surface area contributed by atoms with Crippen molar-refractivity contribution in [2.24, 2.45) is 0 Å². The smallest absolute Gasteiger partial charge is 0.335 e. The Morgan fingerprint density at radius 2 is 2.20 bits per heavy atom. The first kappa shape index (κ1) is 10.1. The van der Waals surface area contributed by atoms with Gasteiger partial charge in [-0.15, -0.1) is 0 Å². The molecule has 0 spiro atoms. The number of aromatic carboxylic acids is 1. The first-order valence-corrected chi connectivity index (χ1v) is 5.10. The van der Waals surface area contributed by atoms with Crippen molar-refractivity contribution in [1.82, 2.24) is 0 Å². The molecule has 0 aliphatic heterocycles. The molecule has 1 N–H and O–H groups in total. The maximum absolute atomic E-state index is 13.8. The van der Waals surface area contributed by atoms with Crippen molar-refractivity contribution in [1.29, 1.82) is 0 Å². The third kappa shape index (κ3) is 2.17. The lowest BCUT2D eigenvalue weighted by Crippen LogP contribution is -2.34. The molecule has 0 unspecified atom stereocenters. The Balaban J connectivity index is 2.14. The molecule has 0 aromatic heterocycles. The van der Waals surface area contributed by atoms with E-state index >= 15 is 0 Å². The van der Waals surface area contributed by atoms with Crippen LogP contribution in [0.15, 0.2) is 24.3 Å². The molecule has 15 heavy (non-hydrogen) atoms. The Labute approximate surface area is 87.7 Å². The fourth-order valence-electron chi connectivity index (χ4n) is 1.92. The molecular formula is C12H13FO2. The fourth-order valence-corrected chi connectivity index (χ4v) is 1.92. The molecule has 3 heteroatoms. The van der Waals surface area contributed by atoms with Gasteiger partial charge in [0.05, 0.1) is 5.56 Å². The average molecular weight is 208 g/mol. The molecule has 1 aliphatic rings. The van der Waals surface area contributed by atoms with E-state index in [0.717, 1.165) is 12.0 Å². The highest BCUT2D eigenvalue weighted by Crippen LogP contribution is 2.38. The Morgan fingerprint density at radius 3 is 2.73 bits per heavy atom. The first-order chi connectivity index (χ1) is 7.09. The van der Waals surface area contributed by atoms with E-state index in [4.69, 9.17) is 5.11 Å². The highest BCUT2D eigenvalue weighted by molar-refractivity contribution is 5.87. The van der Waals surface area contributed by atoms with Gasteiger partial charge in [-0.05, 0) is 37.0 Å². The Morgan fingerprint density at radius 1 is 1.47 bits per heavy atom. The summed E-state index contributed by atoms with van der Waals surface area (Å²) < 4.78 is 13.8. The topological polar surface area (TPSA) is 37.3 Å². The predicted octanol–water partition coefficient (Wildman–Crippen LogP) is 2.82. The number of carbonyl (C=O) groups is 1. The van der Waals surface area contributed by atoms with E-state index in [-0.39, 0.29) is 5.56 Å². The summed E-state index contributed by atoms with van der Waals surface area (Å²) in [6, 6.07) is 6.53. The molecule has 1 aromatic rings. The molecule has 0 amide bonds. The van der Waals surface area contributed by atoms with E-state index in [2.05, 4.69) is 0 Å². The van der Waals surface area contributed by atoms with E-state index in [0.29, 0.717) is 19.3 Å². The molecule has 0 atom stereocenters. The van der Waals surface area contributed by atoms with Gasteiger partial charge in [0.25, 0.3) is 0 Å². The largest absolute Gasteiger partial charge is 0.478 e. The predicted molar refractivity (Wildman–Crippen MR) is 54.8 cm³/mol. The van der Waals surface area contributed by atoms with Crippen LogP contribution in [0.1, 0.15) is 35.2 Å². The number of carboxylic acid groups (broad SMARTS) is 1. The lowest BCUT2D eigenvalue weighted by atomic mass is 9.77. The monoisotopic (exact) mass is 208 g/mol. The SMILES string of the molecule is O=C(O)c1cccc(CC2(F)CCC2)c1. The van der Waals surface area contributed by atoms with Gasteiger partial charge in [0.15, 0.2) is 0 Å². The summed E-state index contributed by atoms with van der Waals surface area (Å²) in [6.45, 7) is 0. The Hall–Kier alpha value is -1.38. The Bertz CT molecular complexity index is 383.